The molecule has 22 heavy (non-hydrogen) atoms. The van der Waals surface area contributed by atoms with Crippen molar-refractivity contribution in [3.05, 3.63) is 66.2 Å². The van der Waals surface area contributed by atoms with E-state index in [4.69, 9.17) is 9.47 Å². The summed E-state index contributed by atoms with van der Waals surface area (Å²) in [6.45, 7) is 1.86. The van der Waals surface area contributed by atoms with Crippen molar-refractivity contribution < 1.29 is 14.3 Å². The zero-order valence-corrected chi connectivity index (χ0v) is 12.5. The Morgan fingerprint density at radius 1 is 0.909 bits per heavy atom. The third-order valence-electron chi connectivity index (χ3n) is 3.53. The number of rotatable bonds is 5. The summed E-state index contributed by atoms with van der Waals surface area (Å²) in [5.74, 6) is 1.71. The Hall–Kier alpha value is -2.55. The molecular weight excluding hydrogens is 276 g/mol. The van der Waals surface area contributed by atoms with E-state index in [9.17, 15) is 4.79 Å². The maximum Gasteiger partial charge on any atom is 0.238 e. The molecule has 1 aliphatic carbocycles. The lowest BCUT2D eigenvalue weighted by atomic mass is 10.1. The van der Waals surface area contributed by atoms with E-state index in [1.54, 1.807) is 6.08 Å². The second-order valence-corrected chi connectivity index (χ2v) is 5.28. The molecule has 0 fully saturated rings. The van der Waals surface area contributed by atoms with Gasteiger partial charge in [-0.05, 0) is 47.9 Å². The summed E-state index contributed by atoms with van der Waals surface area (Å²) in [5.41, 5.74) is 2.11. The molecule has 0 N–H and O–H groups in total. The Morgan fingerprint density at radius 3 is 2.36 bits per heavy atom. The van der Waals surface area contributed by atoms with Crippen molar-refractivity contribution in [2.24, 2.45) is 0 Å². The summed E-state index contributed by atoms with van der Waals surface area (Å²) in [6.07, 6.45) is 2.74. The van der Waals surface area contributed by atoms with Crippen LogP contribution in [0, 0.1) is 0 Å². The monoisotopic (exact) mass is 294 g/mol. The van der Waals surface area contributed by atoms with Gasteiger partial charge in [-0.25, -0.2) is 0 Å². The molecule has 2 aromatic carbocycles. The number of para-hydroxylation sites is 1. The first-order valence-corrected chi connectivity index (χ1v) is 7.43. The molecule has 0 heterocycles. The van der Waals surface area contributed by atoms with Gasteiger partial charge in [0.1, 0.15) is 11.5 Å². The summed E-state index contributed by atoms with van der Waals surface area (Å²) in [5, 5.41) is 0. The van der Waals surface area contributed by atoms with Crippen LogP contribution in [-0.2, 0) is 4.79 Å². The lowest BCUT2D eigenvalue weighted by molar-refractivity contribution is -0.114. The van der Waals surface area contributed by atoms with Gasteiger partial charge in [-0.15, -0.1) is 0 Å². The van der Waals surface area contributed by atoms with Gasteiger partial charge in [0.25, 0.3) is 0 Å². The molecule has 1 aliphatic rings. The second-order valence-electron chi connectivity index (χ2n) is 5.28. The van der Waals surface area contributed by atoms with Crippen molar-refractivity contribution in [1.29, 1.82) is 0 Å². The molecule has 0 amide bonds. The van der Waals surface area contributed by atoms with Gasteiger partial charge in [-0.2, -0.15) is 0 Å². The van der Waals surface area contributed by atoms with Crippen LogP contribution in [0.4, 0.5) is 0 Å². The second kappa shape index (κ2) is 6.48. The van der Waals surface area contributed by atoms with Crippen LogP contribution in [0.2, 0.25) is 0 Å². The third-order valence-corrected chi connectivity index (χ3v) is 3.53. The van der Waals surface area contributed by atoms with Crippen LogP contribution >= 0.6 is 0 Å². The summed E-state index contributed by atoms with van der Waals surface area (Å²) in [6, 6.07) is 17.4. The third kappa shape index (κ3) is 3.55. The molecule has 0 aliphatic heterocycles. The highest BCUT2D eigenvalue weighted by Crippen LogP contribution is 2.28. The highest BCUT2D eigenvalue weighted by atomic mass is 16.7. The Bertz CT molecular complexity index is 689. The smallest absolute Gasteiger partial charge is 0.238 e. The molecule has 1 unspecified atom stereocenters. The van der Waals surface area contributed by atoms with E-state index in [0.29, 0.717) is 6.42 Å². The average molecular weight is 294 g/mol. The van der Waals surface area contributed by atoms with E-state index in [2.05, 4.69) is 0 Å². The largest absolute Gasteiger partial charge is 0.455 e. The first-order chi connectivity index (χ1) is 10.7. The molecular formula is C19H18O3. The van der Waals surface area contributed by atoms with E-state index in [0.717, 1.165) is 29.1 Å². The Labute approximate surface area is 130 Å². The number of allylic oxidation sites excluding steroid dienone is 2. The molecule has 0 aromatic heterocycles. The van der Waals surface area contributed by atoms with E-state index in [-0.39, 0.29) is 5.78 Å². The molecule has 3 rings (SSSR count). The van der Waals surface area contributed by atoms with Crippen molar-refractivity contribution in [3.8, 4) is 11.5 Å². The summed E-state index contributed by atoms with van der Waals surface area (Å²) in [4.78, 5) is 11.4. The number of hydrogen-bond acceptors (Lipinski definition) is 3. The van der Waals surface area contributed by atoms with E-state index in [1.165, 1.54) is 0 Å². The molecule has 112 valence electrons. The fraction of sp³-hybridized carbons (Fsp3) is 0.211. The summed E-state index contributed by atoms with van der Waals surface area (Å²) < 4.78 is 11.5. The quantitative estimate of drug-likeness (QED) is 0.774. The summed E-state index contributed by atoms with van der Waals surface area (Å²) in [7, 11) is 0. The highest BCUT2D eigenvalue weighted by molar-refractivity contribution is 6.01. The van der Waals surface area contributed by atoms with Gasteiger partial charge in [0.05, 0.1) is 0 Å². The van der Waals surface area contributed by atoms with Gasteiger partial charge in [-0.1, -0.05) is 30.3 Å². The van der Waals surface area contributed by atoms with E-state index in [1.807, 2.05) is 61.5 Å². The number of hydrogen-bond donors (Lipinski definition) is 0. The molecule has 0 radical (unpaired) electrons. The Kier molecular flexibility index (Phi) is 4.24. The van der Waals surface area contributed by atoms with Gasteiger partial charge in [-0.3, -0.25) is 4.79 Å². The van der Waals surface area contributed by atoms with Crippen LogP contribution < -0.4 is 9.47 Å². The highest BCUT2D eigenvalue weighted by Gasteiger charge is 2.14. The van der Waals surface area contributed by atoms with Crippen molar-refractivity contribution in [1.82, 2.24) is 0 Å². The molecule has 0 spiro atoms. The van der Waals surface area contributed by atoms with E-state index < -0.39 is 6.29 Å². The topological polar surface area (TPSA) is 35.5 Å². The molecule has 2 aromatic rings. The average Bonchev–Trinajstić information content (AvgIpc) is 2.95. The first kappa shape index (κ1) is 14.4. The fourth-order valence-electron chi connectivity index (χ4n) is 2.50. The number of ether oxygens (including phenoxy) is 2. The van der Waals surface area contributed by atoms with Crippen molar-refractivity contribution in [3.63, 3.8) is 0 Å². The maximum absolute atomic E-state index is 11.4. The minimum absolute atomic E-state index is 0.196. The minimum Gasteiger partial charge on any atom is -0.455 e. The first-order valence-electron chi connectivity index (χ1n) is 7.43. The maximum atomic E-state index is 11.4. The molecule has 0 saturated heterocycles. The van der Waals surface area contributed by atoms with Crippen molar-refractivity contribution >= 4 is 11.4 Å². The standard InChI is InChI=1S/C19H18O3/c1-14(21-18-7-3-2-4-8-18)22-19-9-5-6-15(13-19)16-10-11-17(20)12-16/h2-9,12-14H,10-11H2,1H3. The number of carbonyl (C=O) groups is 1. The van der Waals surface area contributed by atoms with Gasteiger partial charge in [0.2, 0.25) is 6.29 Å². The molecule has 0 saturated carbocycles. The molecule has 0 bridgehead atoms. The summed E-state index contributed by atoms with van der Waals surface area (Å²) >= 11 is 0. The van der Waals surface area contributed by atoms with Crippen LogP contribution in [0.5, 0.6) is 11.5 Å². The van der Waals surface area contributed by atoms with Crippen LogP contribution in [0.1, 0.15) is 25.3 Å². The van der Waals surface area contributed by atoms with Gasteiger partial charge < -0.3 is 9.47 Å². The van der Waals surface area contributed by atoms with Crippen LogP contribution in [0.15, 0.2) is 60.7 Å². The van der Waals surface area contributed by atoms with Crippen molar-refractivity contribution in [2.75, 3.05) is 0 Å². The SMILES string of the molecule is CC(Oc1ccccc1)Oc1cccc(C2=CC(=O)CC2)c1. The lowest BCUT2D eigenvalue weighted by Crippen LogP contribution is -2.19. The zero-order chi connectivity index (χ0) is 15.4. The fourth-order valence-corrected chi connectivity index (χ4v) is 2.50. The van der Waals surface area contributed by atoms with Crippen LogP contribution in [-0.4, -0.2) is 12.1 Å². The predicted octanol–water partition coefficient (Wildman–Crippen LogP) is 4.24. The predicted molar refractivity (Wildman–Crippen MR) is 85.8 cm³/mol. The lowest BCUT2D eigenvalue weighted by Gasteiger charge is -2.17. The number of ketones is 1. The number of carbonyl (C=O) groups excluding carboxylic acids is 1. The Balaban J connectivity index is 1.68. The van der Waals surface area contributed by atoms with Crippen LogP contribution in [0.25, 0.3) is 5.57 Å². The molecule has 3 nitrogen and oxygen atoms in total. The number of benzene rings is 2. The van der Waals surface area contributed by atoms with Crippen LogP contribution in [0.3, 0.4) is 0 Å². The van der Waals surface area contributed by atoms with Gasteiger partial charge in [0, 0.05) is 13.3 Å². The van der Waals surface area contributed by atoms with Gasteiger partial charge >= 0.3 is 0 Å². The zero-order valence-electron chi connectivity index (χ0n) is 12.5. The van der Waals surface area contributed by atoms with Crippen molar-refractivity contribution in [2.45, 2.75) is 26.1 Å². The molecule has 1 atom stereocenters. The molecule has 3 heteroatoms. The normalized spacial score (nSPS) is 15.3. The van der Waals surface area contributed by atoms with E-state index >= 15 is 0 Å². The Morgan fingerprint density at radius 2 is 1.64 bits per heavy atom. The minimum atomic E-state index is -0.392. The van der Waals surface area contributed by atoms with Gasteiger partial charge in [0.15, 0.2) is 5.78 Å².